The lowest BCUT2D eigenvalue weighted by molar-refractivity contribution is -0.144. The van der Waals surface area contributed by atoms with Crippen LogP contribution in [0.5, 0.6) is 0 Å². The van der Waals surface area contributed by atoms with E-state index in [0.717, 1.165) is 0 Å². The molecule has 0 spiro atoms. The fourth-order valence-electron chi connectivity index (χ4n) is 1.85. The molecule has 1 rings (SSSR count). The molecule has 1 unspecified atom stereocenters. The number of hydrogen-bond acceptors (Lipinski definition) is 5. The Morgan fingerprint density at radius 1 is 1.45 bits per heavy atom. The minimum absolute atomic E-state index is 0.0851. The van der Waals surface area contributed by atoms with Gasteiger partial charge in [-0.1, -0.05) is 0 Å². The van der Waals surface area contributed by atoms with Crippen molar-refractivity contribution in [3.05, 3.63) is 0 Å². The van der Waals surface area contributed by atoms with Crippen molar-refractivity contribution >= 4 is 18.0 Å². The zero-order chi connectivity index (χ0) is 15.3. The molecule has 1 aliphatic heterocycles. The second kappa shape index (κ2) is 6.56. The van der Waals surface area contributed by atoms with Crippen molar-refractivity contribution < 1.29 is 29.0 Å². The van der Waals surface area contributed by atoms with Crippen LogP contribution in [0.3, 0.4) is 0 Å². The number of urea groups is 1. The third kappa shape index (κ3) is 3.60. The standard InChI is InChI=1S/C12H20N2O6/c1-8(2)14(6-9(15)19-3)11(18)13-12(10(16)17)4-5-20-7-12/h8H,4-7H2,1-3H3,(H,13,18)(H,16,17). The molecule has 1 atom stereocenters. The molecular formula is C12H20N2O6. The molecular weight excluding hydrogens is 268 g/mol. The molecule has 114 valence electrons. The molecule has 8 nitrogen and oxygen atoms in total. The van der Waals surface area contributed by atoms with Crippen molar-refractivity contribution in [3.63, 3.8) is 0 Å². The van der Waals surface area contributed by atoms with Gasteiger partial charge in [0.25, 0.3) is 0 Å². The zero-order valence-electron chi connectivity index (χ0n) is 11.8. The molecule has 8 heteroatoms. The Hall–Kier alpha value is -1.83. The van der Waals surface area contributed by atoms with Gasteiger partial charge in [-0.2, -0.15) is 0 Å². The summed E-state index contributed by atoms with van der Waals surface area (Å²) in [6, 6.07) is -0.902. The number of amides is 2. The molecule has 2 amide bonds. The number of hydrogen-bond donors (Lipinski definition) is 2. The number of carboxylic acid groups (broad SMARTS) is 1. The first-order chi connectivity index (χ1) is 9.32. The summed E-state index contributed by atoms with van der Waals surface area (Å²) in [6.07, 6.45) is 0.193. The van der Waals surface area contributed by atoms with E-state index in [1.54, 1.807) is 13.8 Å². The molecule has 1 heterocycles. The summed E-state index contributed by atoms with van der Waals surface area (Å²) < 4.78 is 9.58. The van der Waals surface area contributed by atoms with Crippen molar-refractivity contribution in [1.29, 1.82) is 0 Å². The minimum atomic E-state index is -1.43. The van der Waals surface area contributed by atoms with Gasteiger partial charge < -0.3 is 24.8 Å². The minimum Gasteiger partial charge on any atom is -0.479 e. The van der Waals surface area contributed by atoms with Crippen LogP contribution in [-0.2, 0) is 19.1 Å². The largest absolute Gasteiger partial charge is 0.479 e. The van der Waals surface area contributed by atoms with E-state index in [1.165, 1.54) is 12.0 Å². The van der Waals surface area contributed by atoms with Crippen molar-refractivity contribution in [2.24, 2.45) is 0 Å². The molecule has 0 aliphatic carbocycles. The average Bonchev–Trinajstić information content (AvgIpc) is 2.84. The maximum atomic E-state index is 12.2. The number of methoxy groups -OCH3 is 1. The SMILES string of the molecule is COC(=O)CN(C(=O)NC1(C(=O)O)CCOC1)C(C)C. The molecule has 1 fully saturated rings. The number of carbonyl (C=O) groups excluding carboxylic acids is 2. The van der Waals surface area contributed by atoms with Gasteiger partial charge in [0.05, 0.1) is 13.7 Å². The highest BCUT2D eigenvalue weighted by atomic mass is 16.5. The number of rotatable bonds is 5. The van der Waals surface area contributed by atoms with Crippen LogP contribution in [0.15, 0.2) is 0 Å². The van der Waals surface area contributed by atoms with Gasteiger partial charge in [0.1, 0.15) is 6.54 Å². The molecule has 2 N–H and O–H groups in total. The van der Waals surface area contributed by atoms with Crippen LogP contribution in [0.25, 0.3) is 0 Å². The quantitative estimate of drug-likeness (QED) is 0.680. The Morgan fingerprint density at radius 3 is 2.50 bits per heavy atom. The number of nitrogens with zero attached hydrogens (tertiary/aromatic N) is 1. The van der Waals surface area contributed by atoms with E-state index in [4.69, 9.17) is 4.74 Å². The normalized spacial score (nSPS) is 21.6. The Balaban J connectivity index is 2.79. The predicted octanol–water partition coefficient (Wildman–Crippen LogP) is -0.177. The number of nitrogens with one attached hydrogen (secondary N) is 1. The highest BCUT2D eigenvalue weighted by Gasteiger charge is 2.45. The summed E-state index contributed by atoms with van der Waals surface area (Å²) in [4.78, 5) is 36.0. The van der Waals surface area contributed by atoms with E-state index in [9.17, 15) is 19.5 Å². The van der Waals surface area contributed by atoms with Gasteiger partial charge in [0.2, 0.25) is 0 Å². The second-order valence-electron chi connectivity index (χ2n) is 4.92. The van der Waals surface area contributed by atoms with Crippen LogP contribution in [-0.4, -0.2) is 66.4 Å². The summed E-state index contributed by atoms with van der Waals surface area (Å²) >= 11 is 0. The summed E-state index contributed by atoms with van der Waals surface area (Å²) in [5, 5.41) is 11.7. The molecule has 1 saturated heterocycles. The van der Waals surface area contributed by atoms with Crippen LogP contribution in [0.1, 0.15) is 20.3 Å². The van der Waals surface area contributed by atoms with E-state index >= 15 is 0 Å². The number of carboxylic acids is 1. The first-order valence-electron chi connectivity index (χ1n) is 6.29. The van der Waals surface area contributed by atoms with Gasteiger partial charge in [-0.3, -0.25) is 4.79 Å². The van der Waals surface area contributed by atoms with Crippen LogP contribution in [0, 0.1) is 0 Å². The summed E-state index contributed by atoms with van der Waals surface area (Å²) in [5.74, 6) is -1.72. The van der Waals surface area contributed by atoms with Crippen LogP contribution < -0.4 is 5.32 Å². The van der Waals surface area contributed by atoms with Gasteiger partial charge in [0.15, 0.2) is 5.54 Å². The van der Waals surface area contributed by atoms with Gasteiger partial charge in [0, 0.05) is 19.1 Å². The lowest BCUT2D eigenvalue weighted by atomic mass is 9.99. The van der Waals surface area contributed by atoms with Gasteiger partial charge in [-0.25, -0.2) is 9.59 Å². The van der Waals surface area contributed by atoms with Crippen molar-refractivity contribution in [1.82, 2.24) is 10.2 Å². The summed E-state index contributed by atoms with van der Waals surface area (Å²) in [5.41, 5.74) is -1.43. The molecule has 0 radical (unpaired) electrons. The Labute approximate surface area is 117 Å². The molecule has 0 saturated carbocycles. The summed E-state index contributed by atoms with van der Waals surface area (Å²) in [7, 11) is 1.22. The van der Waals surface area contributed by atoms with Crippen LogP contribution >= 0.6 is 0 Å². The van der Waals surface area contributed by atoms with Crippen LogP contribution in [0.4, 0.5) is 4.79 Å². The zero-order valence-corrected chi connectivity index (χ0v) is 11.8. The van der Waals surface area contributed by atoms with Crippen molar-refractivity contribution in [2.75, 3.05) is 26.9 Å². The Morgan fingerprint density at radius 2 is 2.10 bits per heavy atom. The first kappa shape index (κ1) is 16.2. The average molecular weight is 288 g/mol. The molecule has 0 aromatic carbocycles. The third-order valence-corrected chi connectivity index (χ3v) is 3.19. The van der Waals surface area contributed by atoms with Crippen molar-refractivity contribution in [3.8, 4) is 0 Å². The van der Waals surface area contributed by atoms with E-state index in [0.29, 0.717) is 0 Å². The maximum absolute atomic E-state index is 12.2. The fourth-order valence-corrected chi connectivity index (χ4v) is 1.85. The smallest absolute Gasteiger partial charge is 0.332 e. The Kier molecular flexibility index (Phi) is 5.32. The van der Waals surface area contributed by atoms with Gasteiger partial charge in [-0.05, 0) is 13.8 Å². The monoisotopic (exact) mass is 288 g/mol. The maximum Gasteiger partial charge on any atom is 0.332 e. The molecule has 0 bridgehead atoms. The first-order valence-corrected chi connectivity index (χ1v) is 6.29. The number of ether oxygens (including phenoxy) is 2. The van der Waals surface area contributed by atoms with Gasteiger partial charge in [-0.15, -0.1) is 0 Å². The highest BCUT2D eigenvalue weighted by molar-refractivity contribution is 5.88. The fraction of sp³-hybridized carbons (Fsp3) is 0.750. The Bertz CT molecular complexity index is 389. The lowest BCUT2D eigenvalue weighted by Crippen LogP contribution is -2.60. The molecule has 0 aromatic rings. The number of carbonyl (C=O) groups is 3. The molecule has 20 heavy (non-hydrogen) atoms. The topological polar surface area (TPSA) is 105 Å². The van der Waals surface area contributed by atoms with Crippen molar-refractivity contribution in [2.45, 2.75) is 31.8 Å². The summed E-state index contributed by atoms with van der Waals surface area (Å²) in [6.45, 7) is 3.39. The van der Waals surface area contributed by atoms with E-state index in [-0.39, 0.29) is 32.2 Å². The van der Waals surface area contributed by atoms with E-state index in [2.05, 4.69) is 10.1 Å². The van der Waals surface area contributed by atoms with E-state index < -0.39 is 23.5 Å². The molecule has 0 aromatic heterocycles. The molecule has 1 aliphatic rings. The highest BCUT2D eigenvalue weighted by Crippen LogP contribution is 2.19. The van der Waals surface area contributed by atoms with Gasteiger partial charge >= 0.3 is 18.0 Å². The number of esters is 1. The lowest BCUT2D eigenvalue weighted by Gasteiger charge is -2.31. The second-order valence-corrected chi connectivity index (χ2v) is 4.92. The van der Waals surface area contributed by atoms with Crippen LogP contribution in [0.2, 0.25) is 0 Å². The third-order valence-electron chi connectivity index (χ3n) is 3.19. The number of aliphatic carboxylic acids is 1. The van der Waals surface area contributed by atoms with E-state index in [1.807, 2.05) is 0 Å². The predicted molar refractivity (Wildman–Crippen MR) is 68.2 cm³/mol.